The summed E-state index contributed by atoms with van der Waals surface area (Å²) >= 11 is 0. The minimum atomic E-state index is 0.0333. The maximum Gasteiger partial charge on any atom is 0.254 e. The summed E-state index contributed by atoms with van der Waals surface area (Å²) in [5, 5.41) is 4.65. The van der Waals surface area contributed by atoms with E-state index in [9.17, 15) is 4.79 Å². The lowest BCUT2D eigenvalue weighted by molar-refractivity contribution is 0.0700. The molecule has 0 radical (unpaired) electrons. The number of aromatic nitrogens is 3. The maximum absolute atomic E-state index is 13.6. The Labute approximate surface area is 228 Å². The molecule has 2 aliphatic carbocycles. The van der Waals surface area contributed by atoms with Gasteiger partial charge in [0.05, 0.1) is 18.3 Å². The fourth-order valence-corrected chi connectivity index (χ4v) is 7.26. The predicted octanol–water partition coefficient (Wildman–Crippen LogP) is 3.86. The number of nitrogens with two attached hydrogens (primary N) is 1. The number of piperidine rings is 1. The molecule has 4 fully saturated rings. The molecular formula is C31H36N6O2. The number of nitrogens with one attached hydrogen (secondary N) is 1. The van der Waals surface area contributed by atoms with Crippen LogP contribution in [0.25, 0.3) is 33.5 Å². The van der Waals surface area contributed by atoms with Crippen molar-refractivity contribution in [2.45, 2.75) is 50.2 Å². The van der Waals surface area contributed by atoms with Crippen LogP contribution in [-0.2, 0) is 13.6 Å². The lowest BCUT2D eigenvalue weighted by Gasteiger charge is -2.27. The third-order valence-corrected chi connectivity index (χ3v) is 9.86. The summed E-state index contributed by atoms with van der Waals surface area (Å²) in [4.78, 5) is 20.8. The Kier molecular flexibility index (Phi) is 5.17. The summed E-state index contributed by atoms with van der Waals surface area (Å²) < 4.78 is 10.5. The van der Waals surface area contributed by atoms with Gasteiger partial charge in [-0.3, -0.25) is 4.79 Å². The van der Waals surface area contributed by atoms with Crippen molar-refractivity contribution in [3.05, 3.63) is 47.5 Å². The van der Waals surface area contributed by atoms with Crippen LogP contribution < -0.4 is 15.8 Å². The molecule has 2 aromatic heterocycles. The van der Waals surface area contributed by atoms with Gasteiger partial charge in [0, 0.05) is 67.7 Å². The number of hydrogen-bond acceptors (Lipinski definition) is 5. The number of carbonyl (C=O) groups excluding carboxylic acids is 1. The summed E-state index contributed by atoms with van der Waals surface area (Å²) in [5.41, 5.74) is 12.5. The number of likely N-dealkylation sites (tertiary alicyclic amines) is 1. The van der Waals surface area contributed by atoms with E-state index < -0.39 is 0 Å². The van der Waals surface area contributed by atoms with Crippen LogP contribution in [0.5, 0.6) is 5.75 Å². The Bertz CT molecular complexity index is 1630. The van der Waals surface area contributed by atoms with Gasteiger partial charge >= 0.3 is 0 Å². The van der Waals surface area contributed by atoms with Crippen LogP contribution in [0, 0.1) is 11.8 Å². The van der Waals surface area contributed by atoms with E-state index in [0.29, 0.717) is 23.1 Å². The third-order valence-electron chi connectivity index (χ3n) is 9.86. The number of nitrogens with zero attached hydrogens (tertiary/aromatic N) is 4. The minimum Gasteiger partial charge on any atom is -0.494 e. The predicted molar refractivity (Wildman–Crippen MR) is 152 cm³/mol. The van der Waals surface area contributed by atoms with Crippen LogP contribution in [0.2, 0.25) is 0 Å². The second-order valence-electron chi connectivity index (χ2n) is 12.2. The van der Waals surface area contributed by atoms with Gasteiger partial charge in [-0.1, -0.05) is 12.1 Å². The molecule has 202 valence electrons. The van der Waals surface area contributed by atoms with Crippen LogP contribution in [0.15, 0.2) is 36.4 Å². The van der Waals surface area contributed by atoms with Crippen molar-refractivity contribution in [3.63, 3.8) is 0 Å². The summed E-state index contributed by atoms with van der Waals surface area (Å²) in [6, 6.07) is 13.3. The minimum absolute atomic E-state index is 0.0333. The third kappa shape index (κ3) is 3.57. The monoisotopic (exact) mass is 524 g/mol. The maximum atomic E-state index is 13.6. The second kappa shape index (κ2) is 8.57. The standard InChI is InChI=1S/C31H36N6O2/c1-35-29-23(9-21(12-27(29)39-2)31(38)37-16-20-7-8-24(37)28(20)32)34-30(35)26-11-19-6-5-18(22-13-33-14-22)10-25(19)36(26)15-17-3-4-17/h5-6,9-12,17,20,22,24,28,33H,3-4,7-8,13-16,32H2,1-2H3/t20-,24-,28-/m1/s1. The van der Waals surface area contributed by atoms with Gasteiger partial charge in [0.15, 0.2) is 5.82 Å². The summed E-state index contributed by atoms with van der Waals surface area (Å²) in [5.74, 6) is 3.35. The van der Waals surface area contributed by atoms with E-state index in [2.05, 4.69) is 45.8 Å². The summed E-state index contributed by atoms with van der Waals surface area (Å²) in [6.45, 7) is 3.86. The van der Waals surface area contributed by atoms with Gasteiger partial charge in [-0.15, -0.1) is 0 Å². The van der Waals surface area contributed by atoms with Crippen LogP contribution in [0.1, 0.15) is 47.5 Å². The zero-order valence-corrected chi connectivity index (χ0v) is 22.7. The van der Waals surface area contributed by atoms with Gasteiger partial charge < -0.3 is 29.8 Å². The highest BCUT2D eigenvalue weighted by Gasteiger charge is 2.47. The number of methoxy groups -OCH3 is 1. The Morgan fingerprint density at radius 2 is 1.97 bits per heavy atom. The molecule has 2 bridgehead atoms. The molecule has 4 heterocycles. The van der Waals surface area contributed by atoms with E-state index in [1.54, 1.807) is 7.11 Å². The highest BCUT2D eigenvalue weighted by molar-refractivity contribution is 6.00. The van der Waals surface area contributed by atoms with E-state index in [0.717, 1.165) is 67.5 Å². The Morgan fingerprint density at radius 3 is 2.64 bits per heavy atom. The Balaban J connectivity index is 1.24. The average molecular weight is 525 g/mol. The first-order valence-electron chi connectivity index (χ1n) is 14.5. The van der Waals surface area contributed by atoms with Gasteiger partial charge in [-0.2, -0.15) is 0 Å². The number of aryl methyl sites for hydroxylation is 1. The van der Waals surface area contributed by atoms with Crippen molar-refractivity contribution in [1.82, 2.24) is 24.3 Å². The normalized spacial score (nSPS) is 24.7. The number of imidazole rings is 1. The molecule has 2 aromatic carbocycles. The molecule has 4 aliphatic rings. The topological polar surface area (TPSA) is 90.3 Å². The molecule has 8 nitrogen and oxygen atoms in total. The molecule has 0 spiro atoms. The largest absolute Gasteiger partial charge is 0.494 e. The summed E-state index contributed by atoms with van der Waals surface area (Å²) in [6.07, 6.45) is 4.69. The molecule has 0 unspecified atom stereocenters. The van der Waals surface area contributed by atoms with E-state index in [4.69, 9.17) is 15.5 Å². The van der Waals surface area contributed by atoms with E-state index >= 15 is 0 Å². The quantitative estimate of drug-likeness (QED) is 0.400. The number of ether oxygens (including phenoxy) is 1. The lowest BCUT2D eigenvalue weighted by atomic mass is 9.93. The molecule has 3 atom stereocenters. The van der Waals surface area contributed by atoms with Crippen LogP contribution in [0.3, 0.4) is 0 Å². The average Bonchev–Trinajstić information content (AvgIpc) is 3.32. The molecule has 2 saturated heterocycles. The SMILES string of the molecule is COc1cc(C(=O)N2C[C@H]3CC[C@@H]2[C@@H]3N)cc2nc(-c3cc4ccc(C5CNC5)cc4n3CC3CC3)n(C)c12. The first kappa shape index (κ1) is 23.5. The van der Waals surface area contributed by atoms with Gasteiger partial charge in [0.2, 0.25) is 0 Å². The zero-order chi connectivity index (χ0) is 26.4. The zero-order valence-electron chi connectivity index (χ0n) is 22.7. The molecule has 8 heteroatoms. The highest BCUT2D eigenvalue weighted by atomic mass is 16.5. The van der Waals surface area contributed by atoms with E-state index in [1.165, 1.54) is 29.3 Å². The van der Waals surface area contributed by atoms with Gasteiger partial charge in [0.25, 0.3) is 5.91 Å². The fourth-order valence-electron chi connectivity index (χ4n) is 7.26. The van der Waals surface area contributed by atoms with Crippen LogP contribution >= 0.6 is 0 Å². The number of rotatable bonds is 6. The first-order chi connectivity index (χ1) is 19.0. The number of benzene rings is 2. The molecule has 39 heavy (non-hydrogen) atoms. The van der Waals surface area contributed by atoms with Gasteiger partial charge in [0.1, 0.15) is 11.3 Å². The molecule has 2 saturated carbocycles. The number of fused-ring (bicyclic) bond motifs is 4. The molecule has 4 aromatic rings. The molecule has 2 aliphatic heterocycles. The fraction of sp³-hybridized carbons (Fsp3) is 0.484. The summed E-state index contributed by atoms with van der Waals surface area (Å²) in [7, 11) is 3.72. The van der Waals surface area contributed by atoms with Crippen molar-refractivity contribution in [1.29, 1.82) is 0 Å². The van der Waals surface area contributed by atoms with Crippen molar-refractivity contribution in [3.8, 4) is 17.3 Å². The molecule has 3 N–H and O–H groups in total. The molecule has 1 amide bonds. The van der Waals surface area contributed by atoms with Crippen molar-refractivity contribution < 1.29 is 9.53 Å². The number of carbonyl (C=O) groups is 1. The van der Waals surface area contributed by atoms with Crippen LogP contribution in [-0.4, -0.2) is 63.8 Å². The number of amides is 1. The molecule has 8 rings (SSSR count). The second-order valence-corrected chi connectivity index (χ2v) is 12.2. The van der Waals surface area contributed by atoms with E-state index in [1.807, 2.05) is 17.0 Å². The van der Waals surface area contributed by atoms with Crippen molar-refractivity contribution in [2.24, 2.45) is 24.6 Å². The Morgan fingerprint density at radius 1 is 1.13 bits per heavy atom. The van der Waals surface area contributed by atoms with E-state index in [-0.39, 0.29) is 18.0 Å². The highest BCUT2D eigenvalue weighted by Crippen LogP contribution is 2.40. The van der Waals surface area contributed by atoms with Gasteiger partial charge in [-0.25, -0.2) is 4.98 Å². The molecular weight excluding hydrogens is 488 g/mol. The van der Waals surface area contributed by atoms with Crippen LogP contribution in [0.4, 0.5) is 0 Å². The Hall–Kier alpha value is -3.36. The van der Waals surface area contributed by atoms with Crippen molar-refractivity contribution >= 4 is 27.8 Å². The number of hydrogen-bond donors (Lipinski definition) is 2. The smallest absolute Gasteiger partial charge is 0.254 e. The first-order valence-corrected chi connectivity index (χ1v) is 14.5. The van der Waals surface area contributed by atoms with Gasteiger partial charge in [-0.05, 0) is 67.3 Å². The van der Waals surface area contributed by atoms with Crippen molar-refractivity contribution in [2.75, 3.05) is 26.7 Å². The lowest BCUT2D eigenvalue weighted by Crippen LogP contribution is -2.41.